The van der Waals surface area contributed by atoms with Crippen molar-refractivity contribution in [3.05, 3.63) is 47.7 Å². The second-order valence-electron chi connectivity index (χ2n) is 9.34. The van der Waals surface area contributed by atoms with Gasteiger partial charge in [0, 0.05) is 6.54 Å². The Morgan fingerprint density at radius 1 is 1.28 bits per heavy atom. The highest BCUT2D eigenvalue weighted by atomic mass is 32.2. The van der Waals surface area contributed by atoms with E-state index < -0.39 is 68.8 Å². The highest BCUT2D eigenvalue weighted by Crippen LogP contribution is 2.42. The molecular formula is C23H24F6N6O3S. The number of amidine groups is 1. The quantitative estimate of drug-likeness (QED) is 0.459. The van der Waals surface area contributed by atoms with Crippen LogP contribution in [0.15, 0.2) is 39.8 Å². The van der Waals surface area contributed by atoms with Gasteiger partial charge in [0.15, 0.2) is 6.61 Å². The van der Waals surface area contributed by atoms with Gasteiger partial charge in [0.25, 0.3) is 5.91 Å². The number of aromatic nitrogens is 2. The van der Waals surface area contributed by atoms with Crippen LogP contribution in [0.25, 0.3) is 0 Å². The molecule has 3 N–H and O–H groups in total. The van der Waals surface area contributed by atoms with Gasteiger partial charge in [0.2, 0.25) is 0 Å². The molecule has 9 nitrogen and oxygen atoms in total. The fourth-order valence-corrected chi connectivity index (χ4v) is 7.13. The normalized spacial score (nSPS) is 26.8. The summed E-state index contributed by atoms with van der Waals surface area (Å²) >= 11 is 0. The maximum absolute atomic E-state index is 15.0. The van der Waals surface area contributed by atoms with Gasteiger partial charge in [-0.2, -0.15) is 8.78 Å². The summed E-state index contributed by atoms with van der Waals surface area (Å²) in [6.45, 7) is -0.970. The summed E-state index contributed by atoms with van der Waals surface area (Å²) in [5.74, 6) is -7.29. The van der Waals surface area contributed by atoms with E-state index in [1.165, 1.54) is 0 Å². The molecule has 0 radical (unpaired) electrons. The average Bonchev–Trinajstić information content (AvgIpc) is 2.89. The van der Waals surface area contributed by atoms with Gasteiger partial charge in [-0.05, 0) is 44.0 Å². The predicted molar refractivity (Wildman–Crippen MR) is 130 cm³/mol. The number of amides is 1. The van der Waals surface area contributed by atoms with Crippen LogP contribution in [0, 0.1) is 5.82 Å². The Bertz CT molecular complexity index is 1420. The minimum Gasteiger partial charge on any atom is -0.485 e. The Balaban J connectivity index is 1.57. The van der Waals surface area contributed by atoms with Gasteiger partial charge >= 0.3 is 12.3 Å². The van der Waals surface area contributed by atoms with Crippen LogP contribution in [-0.4, -0.2) is 68.6 Å². The van der Waals surface area contributed by atoms with Crippen molar-refractivity contribution < 1.29 is 40.1 Å². The lowest BCUT2D eigenvalue weighted by atomic mass is 9.95. The van der Waals surface area contributed by atoms with E-state index >= 15 is 0 Å². The summed E-state index contributed by atoms with van der Waals surface area (Å²) in [6, 6.07) is 4.15. The first kappa shape index (κ1) is 28.6. The van der Waals surface area contributed by atoms with E-state index in [2.05, 4.69) is 29.4 Å². The molecule has 0 fully saturated rings. The Morgan fingerprint density at radius 2 is 2.03 bits per heavy atom. The number of ether oxygens (including phenoxy) is 1. The molecule has 0 saturated carbocycles. The van der Waals surface area contributed by atoms with Crippen LogP contribution in [-0.2, 0) is 15.3 Å². The molecule has 212 valence electrons. The molecule has 4 rings (SSSR count). The van der Waals surface area contributed by atoms with Crippen molar-refractivity contribution in [2.45, 2.75) is 42.4 Å². The molecular weight excluding hydrogens is 554 g/mol. The molecule has 2 aliphatic heterocycles. The van der Waals surface area contributed by atoms with Gasteiger partial charge in [-0.15, -0.1) is 0 Å². The summed E-state index contributed by atoms with van der Waals surface area (Å²) in [6.07, 6.45) is -2.01. The second kappa shape index (κ2) is 10.3. The van der Waals surface area contributed by atoms with Crippen molar-refractivity contribution in [3.8, 4) is 5.75 Å². The van der Waals surface area contributed by atoms with E-state index in [1.807, 2.05) is 0 Å². The van der Waals surface area contributed by atoms with Crippen LogP contribution in [0.2, 0.25) is 0 Å². The molecule has 2 aromatic heterocycles. The number of nitrogens with zero attached hydrogens (tertiary/aromatic N) is 4. The number of hydrogen-bond donors (Lipinski definition) is 2. The summed E-state index contributed by atoms with van der Waals surface area (Å²) in [4.78, 5) is 24.6. The Morgan fingerprint density at radius 3 is 2.67 bits per heavy atom. The fourth-order valence-electron chi connectivity index (χ4n) is 4.25. The van der Waals surface area contributed by atoms with Crippen LogP contribution in [0.4, 0.5) is 32.2 Å². The number of carbonyl (C=O) groups is 1. The topological polar surface area (TPSA) is 132 Å². The summed E-state index contributed by atoms with van der Waals surface area (Å²) in [5, 5.41) is 2.35. The minimum atomic E-state index is -4.37. The molecule has 0 aromatic carbocycles. The van der Waals surface area contributed by atoms with Crippen molar-refractivity contribution in [1.29, 1.82) is 0 Å². The zero-order valence-electron chi connectivity index (χ0n) is 20.5. The Hall–Kier alpha value is -3.43. The largest absolute Gasteiger partial charge is 0.485 e. The summed E-state index contributed by atoms with van der Waals surface area (Å²) < 4.78 is 102. The molecule has 3 atom stereocenters. The molecule has 0 saturated heterocycles. The number of nitrogens with one attached hydrogen (secondary N) is 1. The standard InChI is InChI=1S/C23H24F6N6O3S/c1-21-7-2-8-32-39(21,37)12-22(10-24,35-20(21)30)17-14(25)4-6-16(33-17)34-18(36)15-5-3-13(9-31-15)38-11-23(28,29)19(26)27/h3-6,9,19H,2,7-8,10-12H2,1H3,(H2,30,35)(H,33,34,36)/t21-,22+,39-/m1/s1. The lowest BCUT2D eigenvalue weighted by Gasteiger charge is -2.44. The molecule has 2 aromatic rings. The van der Waals surface area contributed by atoms with Crippen molar-refractivity contribution in [3.63, 3.8) is 0 Å². The third kappa shape index (κ3) is 5.25. The number of alkyl halides is 5. The van der Waals surface area contributed by atoms with Gasteiger partial charge in [0.1, 0.15) is 51.6 Å². The van der Waals surface area contributed by atoms with Crippen molar-refractivity contribution in [2.75, 3.05) is 30.9 Å². The smallest absolute Gasteiger partial charge is 0.340 e. The molecule has 16 heteroatoms. The molecule has 4 heterocycles. The third-order valence-corrected chi connectivity index (χ3v) is 9.89. The number of nitrogens with two attached hydrogens (primary N) is 1. The van der Waals surface area contributed by atoms with E-state index in [4.69, 9.17) is 5.73 Å². The highest BCUT2D eigenvalue weighted by molar-refractivity contribution is 7.95. The number of carbonyl (C=O) groups excluding carboxylic acids is 1. The molecule has 0 spiro atoms. The molecule has 0 bridgehead atoms. The van der Waals surface area contributed by atoms with E-state index in [0.717, 1.165) is 30.5 Å². The zero-order valence-corrected chi connectivity index (χ0v) is 21.3. The van der Waals surface area contributed by atoms with Gasteiger partial charge in [-0.3, -0.25) is 9.79 Å². The fraction of sp³-hybridized carbons (Fsp3) is 0.478. The van der Waals surface area contributed by atoms with Crippen LogP contribution < -0.4 is 15.8 Å². The maximum atomic E-state index is 15.0. The monoisotopic (exact) mass is 578 g/mol. The number of pyridine rings is 2. The molecule has 0 unspecified atom stereocenters. The van der Waals surface area contributed by atoms with Gasteiger partial charge in [-0.25, -0.2) is 36.1 Å². The number of rotatable bonds is 8. The van der Waals surface area contributed by atoms with E-state index in [1.54, 1.807) is 6.92 Å². The zero-order chi connectivity index (χ0) is 28.6. The number of anilines is 1. The molecule has 39 heavy (non-hydrogen) atoms. The first-order valence-corrected chi connectivity index (χ1v) is 13.3. The lowest BCUT2D eigenvalue weighted by Crippen LogP contribution is -2.59. The van der Waals surface area contributed by atoms with Crippen LogP contribution in [0.3, 0.4) is 0 Å². The van der Waals surface area contributed by atoms with Crippen LogP contribution in [0.1, 0.15) is 35.9 Å². The number of halogens is 6. The predicted octanol–water partition coefficient (Wildman–Crippen LogP) is 3.70. The van der Waals surface area contributed by atoms with Crippen molar-refractivity contribution in [1.82, 2.24) is 9.97 Å². The molecule has 2 aliphatic rings. The lowest BCUT2D eigenvalue weighted by molar-refractivity contribution is -0.148. The number of fused-ring (bicyclic) bond motifs is 1. The van der Waals surface area contributed by atoms with Crippen molar-refractivity contribution >= 4 is 27.3 Å². The van der Waals surface area contributed by atoms with Crippen molar-refractivity contribution in [2.24, 2.45) is 15.1 Å². The summed E-state index contributed by atoms with van der Waals surface area (Å²) in [5.41, 5.74) is 3.33. The Kier molecular flexibility index (Phi) is 7.53. The maximum Gasteiger partial charge on any atom is 0.340 e. The van der Waals surface area contributed by atoms with E-state index in [0.29, 0.717) is 12.8 Å². The third-order valence-electron chi connectivity index (χ3n) is 6.60. The first-order valence-electron chi connectivity index (χ1n) is 11.6. The van der Waals surface area contributed by atoms with Gasteiger partial charge in [-0.1, -0.05) is 0 Å². The van der Waals surface area contributed by atoms with E-state index in [9.17, 15) is 35.3 Å². The van der Waals surface area contributed by atoms with Crippen LogP contribution in [0.5, 0.6) is 5.75 Å². The second-order valence-corrected chi connectivity index (χ2v) is 12.1. The Labute approximate surface area is 219 Å². The first-order chi connectivity index (χ1) is 18.3. The van der Waals surface area contributed by atoms with Crippen LogP contribution >= 0.6 is 0 Å². The molecule has 1 amide bonds. The highest BCUT2D eigenvalue weighted by Gasteiger charge is 2.54. The number of aliphatic imine (C=N–C) groups is 1. The van der Waals surface area contributed by atoms with E-state index in [-0.39, 0.29) is 29.6 Å². The summed E-state index contributed by atoms with van der Waals surface area (Å²) in [7, 11) is -3.14. The molecule has 0 aliphatic carbocycles. The number of hydrogen-bond acceptors (Lipinski definition) is 8. The SMILES string of the molecule is C[C@]12CCCN=[S@@]1(=O)C[C@@](CF)(c1nc(NC(=O)c3ccc(OCC(F)(F)C(F)F)cn3)ccc1F)N=C2N. The minimum absolute atomic E-state index is 0.117. The van der Waals surface area contributed by atoms with Gasteiger partial charge < -0.3 is 15.8 Å². The van der Waals surface area contributed by atoms with Gasteiger partial charge in [0.05, 0.1) is 21.7 Å². The average molecular weight is 579 g/mol.